The van der Waals surface area contributed by atoms with E-state index in [0.717, 1.165) is 0 Å². The summed E-state index contributed by atoms with van der Waals surface area (Å²) in [6.45, 7) is 0.0958. The molecule has 0 radical (unpaired) electrons. The summed E-state index contributed by atoms with van der Waals surface area (Å²) in [5, 5.41) is 0. The van der Waals surface area contributed by atoms with Gasteiger partial charge in [0.2, 0.25) is 0 Å². The summed E-state index contributed by atoms with van der Waals surface area (Å²) >= 11 is 1.26. The van der Waals surface area contributed by atoms with Gasteiger partial charge in [-0.15, -0.1) is 11.8 Å². The fraction of sp³-hybridized carbons (Fsp3) is 0.143. The number of benzene rings is 2. The molecule has 26 heavy (non-hydrogen) atoms. The zero-order chi connectivity index (χ0) is 18.4. The summed E-state index contributed by atoms with van der Waals surface area (Å²) in [5.74, 6) is 0.906. The predicted octanol–water partition coefficient (Wildman–Crippen LogP) is 3.84. The van der Waals surface area contributed by atoms with E-state index in [1.54, 1.807) is 18.4 Å². The fourth-order valence-electron chi connectivity index (χ4n) is 2.55. The number of ether oxygens (including phenoxy) is 2. The molecule has 132 valence electrons. The van der Waals surface area contributed by atoms with E-state index in [1.807, 2.05) is 48.5 Å². The minimum absolute atomic E-state index is 0.0467. The molecule has 0 saturated heterocycles. The van der Waals surface area contributed by atoms with Gasteiger partial charge in [0.05, 0.1) is 10.5 Å². The van der Waals surface area contributed by atoms with Crippen LogP contribution in [0.5, 0.6) is 11.5 Å². The van der Waals surface area contributed by atoms with Gasteiger partial charge in [0, 0.05) is 5.57 Å². The average molecular weight is 366 g/mol. The molecule has 0 atom stereocenters. The zero-order valence-corrected chi connectivity index (χ0v) is 15.1. The third-order valence-electron chi connectivity index (χ3n) is 3.84. The van der Waals surface area contributed by atoms with Crippen LogP contribution in [0.25, 0.3) is 0 Å². The minimum atomic E-state index is -0.208. The first-order chi connectivity index (χ1) is 12.7. The van der Waals surface area contributed by atoms with Crippen LogP contribution < -0.4 is 9.47 Å². The van der Waals surface area contributed by atoms with Crippen LogP contribution in [-0.4, -0.2) is 31.0 Å². The second-order valence-corrected chi connectivity index (χ2v) is 6.39. The Morgan fingerprint density at radius 1 is 0.808 bits per heavy atom. The van der Waals surface area contributed by atoms with Gasteiger partial charge in [-0.1, -0.05) is 36.4 Å². The van der Waals surface area contributed by atoms with Gasteiger partial charge in [-0.3, -0.25) is 9.59 Å². The summed E-state index contributed by atoms with van der Waals surface area (Å²) in [5.41, 5.74) is 0.712. The van der Waals surface area contributed by atoms with Crippen molar-refractivity contribution in [3.63, 3.8) is 0 Å². The molecule has 0 bridgehead atoms. The predicted molar refractivity (Wildman–Crippen MR) is 103 cm³/mol. The van der Waals surface area contributed by atoms with Crippen molar-refractivity contribution in [3.05, 3.63) is 82.8 Å². The number of ketones is 2. The quantitative estimate of drug-likeness (QED) is 0.697. The average Bonchev–Trinajstić information content (AvgIpc) is 2.68. The Morgan fingerprint density at radius 2 is 1.35 bits per heavy atom. The summed E-state index contributed by atoms with van der Waals surface area (Å²) in [4.78, 5) is 25.7. The summed E-state index contributed by atoms with van der Waals surface area (Å²) in [6.07, 6.45) is 3.14. The van der Waals surface area contributed by atoms with Crippen LogP contribution in [0.4, 0.5) is 0 Å². The first-order valence-electron chi connectivity index (χ1n) is 8.11. The number of Topliss-reactive ketones (excluding diaryl/α,β-unsaturated/α-hetero) is 1. The van der Waals surface area contributed by atoms with E-state index >= 15 is 0 Å². The molecule has 1 aliphatic rings. The molecule has 0 heterocycles. The number of para-hydroxylation sites is 2. The lowest BCUT2D eigenvalue weighted by Gasteiger charge is -2.19. The highest BCUT2D eigenvalue weighted by Gasteiger charge is 2.28. The van der Waals surface area contributed by atoms with Crippen molar-refractivity contribution in [3.8, 4) is 11.5 Å². The van der Waals surface area contributed by atoms with Gasteiger partial charge in [0.25, 0.3) is 0 Å². The van der Waals surface area contributed by atoms with E-state index in [1.165, 1.54) is 17.8 Å². The van der Waals surface area contributed by atoms with E-state index in [9.17, 15) is 9.59 Å². The number of hydrogen-bond acceptors (Lipinski definition) is 5. The molecule has 0 aliphatic heterocycles. The van der Waals surface area contributed by atoms with E-state index in [-0.39, 0.29) is 24.8 Å². The third kappa shape index (κ3) is 4.24. The molecule has 0 N–H and O–H groups in total. The lowest BCUT2D eigenvalue weighted by atomic mass is 9.96. The molecule has 0 unspecified atom stereocenters. The van der Waals surface area contributed by atoms with Crippen molar-refractivity contribution < 1.29 is 19.1 Å². The van der Waals surface area contributed by atoms with Crippen LogP contribution in [0.15, 0.2) is 82.8 Å². The van der Waals surface area contributed by atoms with Crippen LogP contribution in [0, 0.1) is 0 Å². The Hall–Kier alpha value is -2.79. The molecule has 1 aliphatic carbocycles. The molecule has 4 nitrogen and oxygen atoms in total. The molecule has 2 aromatic rings. The second kappa shape index (κ2) is 8.54. The highest BCUT2D eigenvalue weighted by atomic mass is 32.2. The SMILES string of the molecule is CSC1=C(COc2ccccc2)C(=O)C(COc2ccccc2)=CC1=O. The van der Waals surface area contributed by atoms with Crippen molar-refractivity contribution in [1.82, 2.24) is 0 Å². The van der Waals surface area contributed by atoms with Crippen molar-refractivity contribution in [2.24, 2.45) is 0 Å². The van der Waals surface area contributed by atoms with Crippen LogP contribution >= 0.6 is 11.8 Å². The number of hydrogen-bond donors (Lipinski definition) is 0. The number of rotatable bonds is 7. The van der Waals surface area contributed by atoms with Gasteiger partial charge >= 0.3 is 0 Å². The number of carbonyl (C=O) groups is 2. The van der Waals surface area contributed by atoms with E-state index in [2.05, 4.69) is 0 Å². The standard InChI is InChI=1S/C21H18O4S/c1-26-21-18(14-25-17-10-6-3-7-11-17)20(23)15(12-19(21)22)13-24-16-8-4-2-5-9-16/h2-12H,13-14H2,1H3. The van der Waals surface area contributed by atoms with E-state index in [4.69, 9.17) is 9.47 Å². The molecule has 0 spiro atoms. The zero-order valence-electron chi connectivity index (χ0n) is 14.3. The molecule has 3 rings (SSSR count). The Labute approximate surface area is 156 Å². The second-order valence-electron chi connectivity index (χ2n) is 5.58. The third-order valence-corrected chi connectivity index (χ3v) is 4.69. The Kier molecular flexibility index (Phi) is 5.92. The molecular formula is C21H18O4S. The maximum atomic E-state index is 12.8. The van der Waals surface area contributed by atoms with E-state index < -0.39 is 0 Å². The maximum absolute atomic E-state index is 12.8. The maximum Gasteiger partial charge on any atom is 0.193 e. The van der Waals surface area contributed by atoms with Crippen molar-refractivity contribution in [2.45, 2.75) is 0 Å². The van der Waals surface area contributed by atoms with Crippen molar-refractivity contribution in [1.29, 1.82) is 0 Å². The lowest BCUT2D eigenvalue weighted by Crippen LogP contribution is -2.25. The van der Waals surface area contributed by atoms with Gasteiger partial charge in [-0.05, 0) is 36.6 Å². The summed E-state index contributed by atoms with van der Waals surface area (Å²) in [7, 11) is 0. The molecule has 0 aromatic heterocycles. The topological polar surface area (TPSA) is 52.6 Å². The normalized spacial score (nSPS) is 14.3. The Balaban J connectivity index is 1.74. The van der Waals surface area contributed by atoms with Gasteiger partial charge in [0.15, 0.2) is 11.6 Å². The van der Waals surface area contributed by atoms with Crippen molar-refractivity contribution >= 4 is 23.3 Å². The van der Waals surface area contributed by atoms with Crippen molar-refractivity contribution in [2.75, 3.05) is 19.5 Å². The van der Waals surface area contributed by atoms with Gasteiger partial charge in [-0.2, -0.15) is 0 Å². The Morgan fingerprint density at radius 3 is 1.88 bits per heavy atom. The molecule has 0 saturated carbocycles. The number of thioether (sulfide) groups is 1. The van der Waals surface area contributed by atoms with Gasteiger partial charge in [0.1, 0.15) is 24.7 Å². The largest absolute Gasteiger partial charge is 0.489 e. The summed E-state index contributed by atoms with van der Waals surface area (Å²) < 4.78 is 11.3. The Bertz CT molecular complexity index is 854. The smallest absolute Gasteiger partial charge is 0.193 e. The monoisotopic (exact) mass is 366 g/mol. The van der Waals surface area contributed by atoms with Crippen LogP contribution in [0.3, 0.4) is 0 Å². The van der Waals surface area contributed by atoms with Crippen LogP contribution in [0.2, 0.25) is 0 Å². The highest BCUT2D eigenvalue weighted by molar-refractivity contribution is 8.03. The van der Waals surface area contributed by atoms with Crippen LogP contribution in [0.1, 0.15) is 0 Å². The molecular weight excluding hydrogens is 348 g/mol. The fourth-order valence-corrected chi connectivity index (χ4v) is 3.21. The molecule has 5 heteroatoms. The number of allylic oxidation sites excluding steroid dienone is 2. The number of carbonyl (C=O) groups excluding carboxylic acids is 2. The van der Waals surface area contributed by atoms with Crippen LogP contribution in [-0.2, 0) is 9.59 Å². The van der Waals surface area contributed by atoms with Gasteiger partial charge < -0.3 is 9.47 Å². The lowest BCUT2D eigenvalue weighted by molar-refractivity contribution is -0.116. The van der Waals surface area contributed by atoms with E-state index in [0.29, 0.717) is 27.6 Å². The first-order valence-corrected chi connectivity index (χ1v) is 9.34. The summed E-state index contributed by atoms with van der Waals surface area (Å²) in [6, 6.07) is 18.4. The molecule has 0 fully saturated rings. The molecule has 2 aromatic carbocycles. The highest BCUT2D eigenvalue weighted by Crippen LogP contribution is 2.27. The van der Waals surface area contributed by atoms with Gasteiger partial charge in [-0.25, -0.2) is 0 Å². The first kappa shape index (κ1) is 18.0. The molecule has 0 amide bonds. The minimum Gasteiger partial charge on any atom is -0.489 e.